The molecule has 4 heterocycles. The maximum absolute atomic E-state index is 14.2. The number of methoxy groups -OCH3 is 1. The Morgan fingerprint density at radius 2 is 1.87 bits per heavy atom. The summed E-state index contributed by atoms with van der Waals surface area (Å²) in [6.07, 6.45) is 4.65. The predicted molar refractivity (Wildman–Crippen MR) is 107 cm³/mol. The number of nitrogens with one attached hydrogen (secondary N) is 1. The van der Waals surface area contributed by atoms with Crippen LogP contribution >= 0.6 is 0 Å². The average molecular weight is 412 g/mol. The standard InChI is InChI=1S/C19H21FN8O2/c1-11-9-28(10-12(2)30-11)19-24-15(20)5-16(26-19)25-17-4-13(6-23-27-17)14-7-22-18(29-3)8-21-14/h4-8,11-12H,9-10H2,1-3H3,(H,24,25,26,27)/t11-,12+. The number of aromatic nitrogens is 6. The van der Waals surface area contributed by atoms with Crippen LogP contribution in [0.5, 0.6) is 5.88 Å². The van der Waals surface area contributed by atoms with Crippen molar-refractivity contribution in [1.82, 2.24) is 30.1 Å². The van der Waals surface area contributed by atoms with Gasteiger partial charge in [0.05, 0.1) is 43.6 Å². The van der Waals surface area contributed by atoms with Gasteiger partial charge in [-0.1, -0.05) is 0 Å². The second kappa shape index (κ2) is 8.49. The predicted octanol–water partition coefficient (Wildman–Crippen LogP) is 2.23. The Labute approximate surface area is 172 Å². The van der Waals surface area contributed by atoms with E-state index in [1.54, 1.807) is 18.5 Å². The highest BCUT2D eigenvalue weighted by atomic mass is 19.1. The largest absolute Gasteiger partial charge is 0.480 e. The van der Waals surface area contributed by atoms with E-state index in [9.17, 15) is 4.39 Å². The number of morpholine rings is 1. The van der Waals surface area contributed by atoms with Gasteiger partial charge >= 0.3 is 0 Å². The summed E-state index contributed by atoms with van der Waals surface area (Å²) in [5.74, 6) is 0.730. The van der Waals surface area contributed by atoms with Crippen molar-refractivity contribution in [3.8, 4) is 17.1 Å². The second-order valence-corrected chi connectivity index (χ2v) is 6.94. The van der Waals surface area contributed by atoms with Gasteiger partial charge in [-0.05, 0) is 19.9 Å². The van der Waals surface area contributed by atoms with E-state index in [2.05, 4.69) is 35.5 Å². The lowest BCUT2D eigenvalue weighted by molar-refractivity contribution is -0.00576. The number of hydrogen-bond donors (Lipinski definition) is 1. The van der Waals surface area contributed by atoms with Crippen molar-refractivity contribution < 1.29 is 13.9 Å². The van der Waals surface area contributed by atoms with Gasteiger partial charge in [0.2, 0.25) is 17.8 Å². The van der Waals surface area contributed by atoms with Crippen molar-refractivity contribution in [2.45, 2.75) is 26.1 Å². The van der Waals surface area contributed by atoms with Crippen LogP contribution in [-0.4, -0.2) is 62.5 Å². The molecule has 4 rings (SSSR count). The third-order valence-corrected chi connectivity index (χ3v) is 4.43. The molecule has 1 aliphatic heterocycles. The molecule has 0 spiro atoms. The van der Waals surface area contributed by atoms with Crippen LogP contribution < -0.4 is 15.0 Å². The Kier molecular flexibility index (Phi) is 5.61. The van der Waals surface area contributed by atoms with Crippen molar-refractivity contribution in [3.63, 3.8) is 0 Å². The first-order chi connectivity index (χ1) is 14.5. The fraction of sp³-hybridized carbons (Fsp3) is 0.368. The van der Waals surface area contributed by atoms with E-state index >= 15 is 0 Å². The molecular formula is C19H21FN8O2. The lowest BCUT2D eigenvalue weighted by Gasteiger charge is -2.35. The summed E-state index contributed by atoms with van der Waals surface area (Å²) in [6, 6.07) is 2.93. The first kappa shape index (κ1) is 19.8. The van der Waals surface area contributed by atoms with Crippen LogP contribution in [0, 0.1) is 5.95 Å². The Balaban J connectivity index is 1.56. The smallest absolute Gasteiger partial charge is 0.232 e. The number of halogens is 1. The third-order valence-electron chi connectivity index (χ3n) is 4.43. The number of rotatable bonds is 5. The summed E-state index contributed by atoms with van der Waals surface area (Å²) in [4.78, 5) is 18.7. The molecule has 0 radical (unpaired) electrons. The molecule has 0 unspecified atom stereocenters. The molecule has 0 aromatic carbocycles. The van der Waals surface area contributed by atoms with Crippen LogP contribution in [-0.2, 0) is 4.74 Å². The van der Waals surface area contributed by atoms with Gasteiger partial charge in [0.1, 0.15) is 5.82 Å². The molecule has 0 bridgehead atoms. The van der Waals surface area contributed by atoms with E-state index in [0.29, 0.717) is 42.0 Å². The molecule has 1 N–H and O–H groups in total. The van der Waals surface area contributed by atoms with Crippen molar-refractivity contribution in [2.75, 3.05) is 30.4 Å². The Hall–Kier alpha value is -3.47. The quantitative estimate of drug-likeness (QED) is 0.626. The molecule has 11 heteroatoms. The molecule has 3 aromatic rings. The van der Waals surface area contributed by atoms with E-state index in [1.807, 2.05) is 18.7 Å². The minimum atomic E-state index is -0.639. The summed E-state index contributed by atoms with van der Waals surface area (Å²) < 4.78 is 24.9. The van der Waals surface area contributed by atoms with Gasteiger partial charge < -0.3 is 19.7 Å². The van der Waals surface area contributed by atoms with Crippen molar-refractivity contribution in [3.05, 3.63) is 36.7 Å². The summed E-state index contributed by atoms with van der Waals surface area (Å²) in [5.41, 5.74) is 1.29. The number of anilines is 3. The SMILES string of the molecule is COc1cnc(-c2cnnc(Nc3cc(F)nc(N4C[C@@H](C)O[C@@H](C)C4)n3)c2)cn1. The van der Waals surface area contributed by atoms with Gasteiger partial charge in [-0.15, -0.1) is 5.10 Å². The van der Waals surface area contributed by atoms with Crippen LogP contribution in [0.4, 0.5) is 22.0 Å². The molecule has 1 saturated heterocycles. The zero-order valence-electron chi connectivity index (χ0n) is 16.8. The first-order valence-electron chi connectivity index (χ1n) is 9.41. The molecule has 1 fully saturated rings. The Bertz CT molecular complexity index is 1010. The number of hydrogen-bond acceptors (Lipinski definition) is 10. The molecule has 30 heavy (non-hydrogen) atoms. The zero-order valence-corrected chi connectivity index (χ0v) is 16.8. The Morgan fingerprint density at radius 1 is 1.07 bits per heavy atom. The van der Waals surface area contributed by atoms with E-state index in [-0.39, 0.29) is 18.0 Å². The monoisotopic (exact) mass is 412 g/mol. The molecule has 0 saturated carbocycles. The highest BCUT2D eigenvalue weighted by molar-refractivity contribution is 5.63. The summed E-state index contributed by atoms with van der Waals surface area (Å²) >= 11 is 0. The van der Waals surface area contributed by atoms with Gasteiger partial charge in [0, 0.05) is 24.7 Å². The molecular weight excluding hydrogens is 391 g/mol. The fourth-order valence-electron chi connectivity index (χ4n) is 3.22. The molecule has 10 nitrogen and oxygen atoms in total. The Morgan fingerprint density at radius 3 is 2.57 bits per heavy atom. The van der Waals surface area contributed by atoms with Gasteiger partial charge in [-0.3, -0.25) is 0 Å². The second-order valence-electron chi connectivity index (χ2n) is 6.94. The minimum absolute atomic E-state index is 0.00480. The first-order valence-corrected chi connectivity index (χ1v) is 9.41. The lowest BCUT2D eigenvalue weighted by Crippen LogP contribution is -2.46. The maximum atomic E-state index is 14.2. The van der Waals surface area contributed by atoms with Crippen LogP contribution in [0.3, 0.4) is 0 Å². The van der Waals surface area contributed by atoms with Crippen molar-refractivity contribution in [2.24, 2.45) is 0 Å². The van der Waals surface area contributed by atoms with Gasteiger partial charge in [0.25, 0.3) is 0 Å². The van der Waals surface area contributed by atoms with Crippen molar-refractivity contribution >= 4 is 17.6 Å². The van der Waals surface area contributed by atoms with E-state index in [1.165, 1.54) is 19.4 Å². The van der Waals surface area contributed by atoms with Crippen LogP contribution in [0.25, 0.3) is 11.3 Å². The van der Waals surface area contributed by atoms with Crippen LogP contribution in [0.2, 0.25) is 0 Å². The zero-order chi connectivity index (χ0) is 21.1. The van der Waals surface area contributed by atoms with Gasteiger partial charge in [-0.25, -0.2) is 9.97 Å². The summed E-state index contributed by atoms with van der Waals surface area (Å²) in [7, 11) is 1.52. The molecule has 3 aromatic heterocycles. The van der Waals surface area contributed by atoms with Crippen LogP contribution in [0.1, 0.15) is 13.8 Å². The maximum Gasteiger partial charge on any atom is 0.232 e. The topological polar surface area (TPSA) is 111 Å². The van der Waals surface area contributed by atoms with Gasteiger partial charge in [-0.2, -0.15) is 19.5 Å². The van der Waals surface area contributed by atoms with E-state index < -0.39 is 5.95 Å². The number of ether oxygens (including phenoxy) is 2. The van der Waals surface area contributed by atoms with E-state index in [0.717, 1.165) is 0 Å². The van der Waals surface area contributed by atoms with Crippen molar-refractivity contribution in [1.29, 1.82) is 0 Å². The number of nitrogens with zero attached hydrogens (tertiary/aromatic N) is 7. The third kappa shape index (κ3) is 4.57. The summed E-state index contributed by atoms with van der Waals surface area (Å²) in [5, 5.41) is 11.0. The molecule has 1 aliphatic rings. The minimum Gasteiger partial charge on any atom is -0.480 e. The average Bonchev–Trinajstić information content (AvgIpc) is 2.73. The molecule has 2 atom stereocenters. The highest BCUT2D eigenvalue weighted by Gasteiger charge is 2.25. The molecule has 0 aliphatic carbocycles. The van der Waals surface area contributed by atoms with E-state index in [4.69, 9.17) is 9.47 Å². The fourth-order valence-corrected chi connectivity index (χ4v) is 3.22. The molecule has 0 amide bonds. The lowest BCUT2D eigenvalue weighted by atomic mass is 10.2. The van der Waals surface area contributed by atoms with Gasteiger partial charge in [0.15, 0.2) is 5.82 Å². The summed E-state index contributed by atoms with van der Waals surface area (Å²) in [6.45, 7) is 5.09. The highest BCUT2D eigenvalue weighted by Crippen LogP contribution is 2.23. The normalized spacial score (nSPS) is 18.9. The molecule has 156 valence electrons. The van der Waals surface area contributed by atoms with Crippen LogP contribution in [0.15, 0.2) is 30.7 Å².